The number of methoxy groups -OCH3 is 3. The van der Waals surface area contributed by atoms with Crippen LogP contribution in [0.15, 0.2) is 60.7 Å². The first-order chi connectivity index (χ1) is 20.8. The zero-order valence-corrected chi connectivity index (χ0v) is 25.4. The second kappa shape index (κ2) is 14.9. The van der Waals surface area contributed by atoms with Gasteiger partial charge in [0, 0.05) is 21.3 Å². The molecular formula is C32H44O11. The van der Waals surface area contributed by atoms with E-state index in [1.807, 2.05) is 74.5 Å². The van der Waals surface area contributed by atoms with Gasteiger partial charge in [-0.1, -0.05) is 60.7 Å². The molecule has 0 bridgehead atoms. The molecule has 5 unspecified atom stereocenters. The van der Waals surface area contributed by atoms with Crippen LogP contribution >= 0.6 is 0 Å². The van der Waals surface area contributed by atoms with E-state index in [2.05, 4.69) is 0 Å². The first kappa shape index (κ1) is 32.4. The van der Waals surface area contributed by atoms with Gasteiger partial charge in [-0.05, 0) is 25.0 Å². The summed E-state index contributed by atoms with van der Waals surface area (Å²) in [6.07, 6.45) is -7.60. The minimum atomic E-state index is -1.17. The summed E-state index contributed by atoms with van der Waals surface area (Å²) in [6.45, 7) is 4.72. The van der Waals surface area contributed by atoms with Crippen molar-refractivity contribution < 1.29 is 52.5 Å². The van der Waals surface area contributed by atoms with Crippen molar-refractivity contribution in [1.29, 1.82) is 0 Å². The highest BCUT2D eigenvalue weighted by Gasteiger charge is 2.55. The molecule has 1 N–H and O–H groups in total. The Balaban J connectivity index is 1.36. The van der Waals surface area contributed by atoms with Gasteiger partial charge < -0.3 is 52.5 Å². The van der Waals surface area contributed by atoms with Gasteiger partial charge >= 0.3 is 0 Å². The predicted octanol–water partition coefficient (Wildman–Crippen LogP) is 2.81. The van der Waals surface area contributed by atoms with Crippen molar-refractivity contribution in [3.8, 4) is 0 Å². The van der Waals surface area contributed by atoms with Crippen molar-refractivity contribution in [3.63, 3.8) is 0 Å². The van der Waals surface area contributed by atoms with Gasteiger partial charge in [0.05, 0.1) is 26.4 Å². The van der Waals surface area contributed by atoms with Gasteiger partial charge in [0.25, 0.3) is 0 Å². The molecule has 0 aliphatic carbocycles. The van der Waals surface area contributed by atoms with Crippen molar-refractivity contribution in [3.05, 3.63) is 71.8 Å². The van der Waals surface area contributed by atoms with Crippen LogP contribution < -0.4 is 0 Å². The lowest BCUT2D eigenvalue weighted by Gasteiger charge is -2.51. The molecule has 3 fully saturated rings. The maximum atomic E-state index is 11.4. The van der Waals surface area contributed by atoms with E-state index in [9.17, 15) is 5.11 Å². The molecule has 11 heteroatoms. The number of aliphatic hydroxyl groups is 1. The molecule has 2 aromatic carbocycles. The predicted molar refractivity (Wildman–Crippen MR) is 153 cm³/mol. The quantitative estimate of drug-likeness (QED) is 0.386. The number of benzene rings is 2. The SMILES string of the molecule is COC1C(OCc2ccccc2)[C@@H](OC)OC(COCc2ccccc2)[C@H]1O[C@@H]1OC2COC(C)(C)O[C@H]2[C@@H](OC)C1O. The summed E-state index contributed by atoms with van der Waals surface area (Å²) < 4.78 is 60.9. The first-order valence-electron chi connectivity index (χ1n) is 14.7. The molecule has 0 spiro atoms. The highest BCUT2D eigenvalue weighted by atomic mass is 16.8. The molecule has 5 rings (SSSR count). The minimum absolute atomic E-state index is 0.160. The van der Waals surface area contributed by atoms with Crippen LogP contribution in [0.5, 0.6) is 0 Å². The van der Waals surface area contributed by atoms with Crippen LogP contribution in [-0.2, 0) is 60.6 Å². The minimum Gasteiger partial charge on any atom is -0.385 e. The van der Waals surface area contributed by atoms with Crippen LogP contribution in [0.25, 0.3) is 0 Å². The summed E-state index contributed by atoms with van der Waals surface area (Å²) in [7, 11) is 4.66. The number of rotatable bonds is 12. The fourth-order valence-electron chi connectivity index (χ4n) is 5.80. The normalized spacial score (nSPS) is 35.8. The van der Waals surface area contributed by atoms with Crippen LogP contribution in [0, 0.1) is 0 Å². The van der Waals surface area contributed by atoms with Crippen LogP contribution in [0.3, 0.4) is 0 Å². The van der Waals surface area contributed by atoms with Gasteiger partial charge in [-0.15, -0.1) is 0 Å². The second-order valence-electron chi connectivity index (χ2n) is 11.4. The standard InChI is InChI=1S/C32H44O11/c1-32(2)39-19-23-26(43-32)27(34-3)24(33)30(40-23)42-25-22(18-37-16-20-12-8-6-9-13-20)41-31(36-5)29(28(25)35-4)38-17-21-14-10-7-11-15-21/h6-15,22-31,33H,16-19H2,1-5H3/t22?,23?,24?,25-,26-,27+,28?,29?,30+,31+/m1/s1. The summed E-state index contributed by atoms with van der Waals surface area (Å²) in [4.78, 5) is 0. The van der Waals surface area contributed by atoms with E-state index in [0.29, 0.717) is 13.2 Å². The third-order valence-electron chi connectivity index (χ3n) is 7.97. The number of aliphatic hydroxyl groups excluding tert-OH is 1. The van der Waals surface area contributed by atoms with E-state index in [-0.39, 0.29) is 13.2 Å². The molecule has 10 atom stereocenters. The summed E-state index contributed by atoms with van der Waals surface area (Å²) in [5.41, 5.74) is 2.00. The number of fused-ring (bicyclic) bond motifs is 1. The summed E-state index contributed by atoms with van der Waals surface area (Å²) in [5.74, 6) is -0.841. The topological polar surface area (TPSA) is 113 Å². The Morgan fingerprint density at radius 3 is 2.05 bits per heavy atom. The highest BCUT2D eigenvalue weighted by Crippen LogP contribution is 2.37. The lowest BCUT2D eigenvalue weighted by molar-refractivity contribution is -0.401. The van der Waals surface area contributed by atoms with Crippen molar-refractivity contribution in [2.24, 2.45) is 0 Å². The van der Waals surface area contributed by atoms with Crippen molar-refractivity contribution in [2.75, 3.05) is 34.5 Å². The van der Waals surface area contributed by atoms with Crippen LogP contribution in [0.4, 0.5) is 0 Å². The smallest absolute Gasteiger partial charge is 0.187 e. The van der Waals surface area contributed by atoms with E-state index in [4.69, 9.17) is 47.4 Å². The lowest BCUT2D eigenvalue weighted by atomic mass is 9.95. The fourth-order valence-corrected chi connectivity index (χ4v) is 5.80. The average Bonchev–Trinajstić information content (AvgIpc) is 3.02. The molecule has 238 valence electrons. The maximum Gasteiger partial charge on any atom is 0.187 e. The Morgan fingerprint density at radius 2 is 1.42 bits per heavy atom. The van der Waals surface area contributed by atoms with E-state index >= 15 is 0 Å². The third-order valence-corrected chi connectivity index (χ3v) is 7.97. The number of ether oxygens (including phenoxy) is 10. The average molecular weight is 605 g/mol. The van der Waals surface area contributed by atoms with Crippen molar-refractivity contribution in [1.82, 2.24) is 0 Å². The zero-order valence-electron chi connectivity index (χ0n) is 25.4. The molecule has 2 aromatic rings. The maximum absolute atomic E-state index is 11.4. The Kier molecular flexibility index (Phi) is 11.2. The highest BCUT2D eigenvalue weighted by molar-refractivity contribution is 5.14. The van der Waals surface area contributed by atoms with Gasteiger partial charge in [0.15, 0.2) is 18.4 Å². The van der Waals surface area contributed by atoms with Crippen LogP contribution in [0.2, 0.25) is 0 Å². The molecule has 0 radical (unpaired) electrons. The molecular weight excluding hydrogens is 560 g/mol. The Bertz CT molecular complexity index is 1100. The van der Waals surface area contributed by atoms with Gasteiger partial charge in [-0.25, -0.2) is 0 Å². The van der Waals surface area contributed by atoms with E-state index in [0.717, 1.165) is 11.1 Å². The Morgan fingerprint density at radius 1 is 0.767 bits per heavy atom. The molecule has 3 aliphatic rings. The molecule has 3 saturated heterocycles. The summed E-state index contributed by atoms with van der Waals surface area (Å²) in [6, 6.07) is 19.6. The lowest BCUT2D eigenvalue weighted by Crippen LogP contribution is -2.67. The second-order valence-corrected chi connectivity index (χ2v) is 11.4. The molecule has 3 aliphatic heterocycles. The van der Waals surface area contributed by atoms with Gasteiger partial charge in [0.1, 0.15) is 48.8 Å². The molecule has 11 nitrogen and oxygen atoms in total. The third kappa shape index (κ3) is 7.81. The Hall–Kier alpha value is -2.00. The van der Waals surface area contributed by atoms with E-state index < -0.39 is 67.2 Å². The van der Waals surface area contributed by atoms with E-state index in [1.54, 1.807) is 14.2 Å². The molecule has 3 heterocycles. The first-order valence-corrected chi connectivity index (χ1v) is 14.7. The van der Waals surface area contributed by atoms with Crippen LogP contribution in [0.1, 0.15) is 25.0 Å². The zero-order chi connectivity index (χ0) is 30.4. The summed E-state index contributed by atoms with van der Waals surface area (Å²) in [5, 5.41) is 11.4. The summed E-state index contributed by atoms with van der Waals surface area (Å²) >= 11 is 0. The largest absolute Gasteiger partial charge is 0.385 e. The Labute approximate surface area is 253 Å². The molecule has 0 saturated carbocycles. The van der Waals surface area contributed by atoms with Crippen molar-refractivity contribution in [2.45, 2.75) is 94.3 Å². The fraction of sp³-hybridized carbons (Fsp3) is 0.625. The molecule has 0 amide bonds. The monoisotopic (exact) mass is 604 g/mol. The van der Waals surface area contributed by atoms with Gasteiger partial charge in [-0.2, -0.15) is 0 Å². The van der Waals surface area contributed by atoms with Crippen molar-refractivity contribution >= 4 is 0 Å². The number of hydrogen-bond acceptors (Lipinski definition) is 11. The molecule has 0 aromatic heterocycles. The van der Waals surface area contributed by atoms with Gasteiger partial charge in [0.2, 0.25) is 0 Å². The van der Waals surface area contributed by atoms with Crippen LogP contribution in [-0.4, -0.2) is 107 Å². The molecule has 43 heavy (non-hydrogen) atoms. The number of hydrogen-bond donors (Lipinski definition) is 1. The van der Waals surface area contributed by atoms with Gasteiger partial charge in [-0.3, -0.25) is 0 Å². The van der Waals surface area contributed by atoms with E-state index in [1.165, 1.54) is 7.11 Å².